The van der Waals surface area contributed by atoms with Crippen molar-refractivity contribution in [3.05, 3.63) is 44.4 Å². The number of nitrogens with one attached hydrogen (secondary N) is 1. The summed E-state index contributed by atoms with van der Waals surface area (Å²) in [6.07, 6.45) is 1.49. The minimum Gasteiger partial charge on any atom is -0.465 e. The van der Waals surface area contributed by atoms with Gasteiger partial charge in [-0.1, -0.05) is 23.5 Å². The van der Waals surface area contributed by atoms with Gasteiger partial charge in [0.25, 0.3) is 0 Å². The molecule has 1 N–H and O–H groups in total. The summed E-state index contributed by atoms with van der Waals surface area (Å²) in [5, 5.41) is 0.453. The topological polar surface area (TPSA) is 71.5 Å². The fourth-order valence-electron chi connectivity index (χ4n) is 1.42. The Morgan fingerprint density at radius 3 is 2.84 bits per heavy atom. The number of hydrogen-bond donors (Lipinski definition) is 2. The monoisotopic (exact) mass is 294 g/mol. The molecular weight excluding hydrogens is 284 g/mol. The van der Waals surface area contributed by atoms with Crippen molar-refractivity contribution in [3.63, 3.8) is 0 Å². The van der Waals surface area contributed by atoms with Crippen LogP contribution in [0.15, 0.2) is 39.1 Å². The Balaban J connectivity index is 2.36. The molecule has 5 nitrogen and oxygen atoms in total. The van der Waals surface area contributed by atoms with Crippen LogP contribution in [0.5, 0.6) is 0 Å². The number of aromatic nitrogens is 1. The Kier molecular flexibility index (Phi) is 4.18. The highest BCUT2D eigenvalue weighted by molar-refractivity contribution is 7.80. The minimum absolute atomic E-state index is 0.201. The van der Waals surface area contributed by atoms with Gasteiger partial charge in [-0.3, -0.25) is 9.79 Å². The minimum atomic E-state index is -0.457. The van der Waals surface area contributed by atoms with Crippen molar-refractivity contribution in [2.24, 2.45) is 4.99 Å². The van der Waals surface area contributed by atoms with Crippen molar-refractivity contribution in [1.29, 1.82) is 0 Å². The van der Waals surface area contributed by atoms with E-state index < -0.39 is 5.97 Å². The molecule has 1 aromatic heterocycles. The lowest BCUT2D eigenvalue weighted by Crippen LogP contribution is -2.01. The molecule has 0 amide bonds. The van der Waals surface area contributed by atoms with E-state index in [2.05, 4.69) is 27.3 Å². The smallest absolute Gasteiger partial charge is 0.340 e. The molecule has 0 fully saturated rings. The van der Waals surface area contributed by atoms with Crippen LogP contribution < -0.4 is 4.87 Å². The number of nitrogens with zero attached hydrogens (tertiary/aromatic N) is 1. The summed E-state index contributed by atoms with van der Waals surface area (Å²) in [4.78, 5) is 29.8. The highest BCUT2D eigenvalue weighted by Crippen LogP contribution is 2.20. The van der Waals surface area contributed by atoms with E-state index in [9.17, 15) is 9.59 Å². The SMILES string of the molecule is COC(=O)c1ccccc1N=Cc1sc(=O)[nH]c1S. The lowest BCUT2D eigenvalue weighted by Gasteiger charge is -2.02. The quantitative estimate of drug-likeness (QED) is 0.518. The first-order chi connectivity index (χ1) is 9.11. The molecule has 0 aliphatic carbocycles. The number of para-hydroxylation sites is 1. The third-order valence-electron chi connectivity index (χ3n) is 2.29. The second-order valence-electron chi connectivity index (χ2n) is 3.49. The number of methoxy groups -OCH3 is 1. The van der Waals surface area contributed by atoms with Crippen LogP contribution in [-0.2, 0) is 4.74 Å². The zero-order valence-corrected chi connectivity index (χ0v) is 11.6. The molecule has 0 aliphatic heterocycles. The van der Waals surface area contributed by atoms with Crippen LogP contribution in [0.4, 0.5) is 5.69 Å². The summed E-state index contributed by atoms with van der Waals surface area (Å²) in [6, 6.07) is 6.81. The van der Waals surface area contributed by atoms with Crippen molar-refractivity contribution >= 4 is 41.8 Å². The first-order valence-corrected chi connectivity index (χ1v) is 6.51. The van der Waals surface area contributed by atoms with Crippen LogP contribution in [0.2, 0.25) is 0 Å². The molecule has 7 heteroatoms. The molecule has 0 spiro atoms. The van der Waals surface area contributed by atoms with Gasteiger partial charge in [-0.15, -0.1) is 12.6 Å². The Bertz CT molecular complexity index is 688. The third-order valence-corrected chi connectivity index (χ3v) is 3.61. The number of carbonyl (C=O) groups is 1. The molecule has 2 rings (SSSR count). The van der Waals surface area contributed by atoms with Crippen LogP contribution in [0.1, 0.15) is 15.2 Å². The molecule has 98 valence electrons. The molecular formula is C12H10N2O3S2. The molecule has 1 aromatic carbocycles. The van der Waals surface area contributed by atoms with Gasteiger partial charge < -0.3 is 9.72 Å². The van der Waals surface area contributed by atoms with Crippen molar-refractivity contribution in [2.75, 3.05) is 7.11 Å². The fourth-order valence-corrected chi connectivity index (χ4v) is 2.39. The van der Waals surface area contributed by atoms with Crippen molar-refractivity contribution < 1.29 is 9.53 Å². The average molecular weight is 294 g/mol. The second-order valence-corrected chi connectivity index (χ2v) is 4.96. The number of benzene rings is 1. The Hall–Kier alpha value is -1.86. The lowest BCUT2D eigenvalue weighted by molar-refractivity contribution is 0.0602. The van der Waals surface area contributed by atoms with Crippen LogP contribution in [0.25, 0.3) is 0 Å². The second kappa shape index (κ2) is 5.85. The van der Waals surface area contributed by atoms with Gasteiger partial charge in [-0.2, -0.15) is 0 Å². The molecule has 1 heterocycles. The maximum Gasteiger partial charge on any atom is 0.340 e. The molecule has 19 heavy (non-hydrogen) atoms. The molecule has 2 aromatic rings. The van der Waals surface area contributed by atoms with Crippen LogP contribution in [0, 0.1) is 0 Å². The van der Waals surface area contributed by atoms with Crippen LogP contribution >= 0.6 is 24.0 Å². The lowest BCUT2D eigenvalue weighted by atomic mass is 10.2. The molecule has 0 unspecified atom stereocenters. The number of ether oxygens (including phenoxy) is 1. The summed E-state index contributed by atoms with van der Waals surface area (Å²) in [7, 11) is 1.31. The van der Waals surface area contributed by atoms with Crippen LogP contribution in [-0.4, -0.2) is 24.3 Å². The number of H-pyrrole nitrogens is 1. The highest BCUT2D eigenvalue weighted by Gasteiger charge is 2.10. The Morgan fingerprint density at radius 2 is 2.21 bits per heavy atom. The predicted molar refractivity (Wildman–Crippen MR) is 77.2 cm³/mol. The van der Waals surface area contributed by atoms with Gasteiger partial charge in [-0.25, -0.2) is 4.79 Å². The number of carbonyl (C=O) groups excluding carboxylic acids is 1. The molecule has 0 saturated heterocycles. The van der Waals surface area contributed by atoms with Crippen molar-refractivity contribution in [3.8, 4) is 0 Å². The van der Waals surface area contributed by atoms with Gasteiger partial charge in [0.2, 0.25) is 0 Å². The fraction of sp³-hybridized carbons (Fsp3) is 0.0833. The highest BCUT2D eigenvalue weighted by atomic mass is 32.1. The van der Waals surface area contributed by atoms with Gasteiger partial charge in [-0.05, 0) is 12.1 Å². The number of rotatable bonds is 3. The largest absolute Gasteiger partial charge is 0.465 e. The standard InChI is InChI=1S/C12H10N2O3S2/c1-17-11(15)7-4-2-3-5-8(7)13-6-9-10(18)14-12(16)19-9/h2-6,18H,1H3,(H,14,16). The van der Waals surface area contributed by atoms with Gasteiger partial charge in [0, 0.05) is 6.21 Å². The summed E-state index contributed by atoms with van der Waals surface area (Å²) in [5.74, 6) is -0.457. The van der Waals surface area contributed by atoms with E-state index in [4.69, 9.17) is 0 Å². The Morgan fingerprint density at radius 1 is 1.47 bits per heavy atom. The van der Waals surface area contributed by atoms with Gasteiger partial charge in [0.1, 0.15) is 0 Å². The van der Waals surface area contributed by atoms with E-state index in [0.29, 0.717) is 21.2 Å². The van der Waals surface area contributed by atoms with Gasteiger partial charge in [0.15, 0.2) is 0 Å². The zero-order valence-electron chi connectivity index (χ0n) is 9.91. The first kappa shape index (κ1) is 13.6. The first-order valence-electron chi connectivity index (χ1n) is 5.25. The van der Waals surface area contributed by atoms with Crippen molar-refractivity contribution in [2.45, 2.75) is 5.03 Å². The average Bonchev–Trinajstić information content (AvgIpc) is 2.74. The van der Waals surface area contributed by atoms with Gasteiger partial charge >= 0.3 is 10.8 Å². The molecule has 0 atom stereocenters. The number of thiazole rings is 1. The number of aliphatic imine (C=N–C) groups is 1. The summed E-state index contributed by atoms with van der Waals surface area (Å²) < 4.78 is 4.68. The van der Waals surface area contributed by atoms with E-state index in [0.717, 1.165) is 11.3 Å². The summed E-state index contributed by atoms with van der Waals surface area (Å²) >= 11 is 5.12. The third kappa shape index (κ3) is 3.12. The molecule has 0 radical (unpaired) electrons. The predicted octanol–water partition coefficient (Wildman–Crippen LogP) is 2.26. The normalized spacial score (nSPS) is 10.8. The number of thiol groups is 1. The van der Waals surface area contributed by atoms with Crippen molar-refractivity contribution in [1.82, 2.24) is 4.98 Å². The van der Waals surface area contributed by atoms with E-state index in [1.54, 1.807) is 24.3 Å². The molecule has 0 bridgehead atoms. The van der Waals surface area contributed by atoms with E-state index in [1.807, 2.05) is 0 Å². The Labute approximate surface area is 118 Å². The maximum atomic E-state index is 11.6. The van der Waals surface area contributed by atoms with E-state index >= 15 is 0 Å². The summed E-state index contributed by atoms with van der Waals surface area (Å²) in [5.41, 5.74) is 0.841. The number of esters is 1. The number of hydrogen-bond acceptors (Lipinski definition) is 6. The van der Waals surface area contributed by atoms with Gasteiger partial charge in [0.05, 0.1) is 28.3 Å². The number of aromatic amines is 1. The summed E-state index contributed by atoms with van der Waals surface area (Å²) in [6.45, 7) is 0. The van der Waals surface area contributed by atoms with E-state index in [1.165, 1.54) is 13.3 Å². The molecule has 0 aliphatic rings. The van der Waals surface area contributed by atoms with E-state index in [-0.39, 0.29) is 4.87 Å². The zero-order chi connectivity index (χ0) is 13.8. The molecule has 0 saturated carbocycles. The van der Waals surface area contributed by atoms with Crippen LogP contribution in [0.3, 0.4) is 0 Å². The maximum absolute atomic E-state index is 11.6.